The number of carbonyl (C=O) groups excluding carboxylic acids is 3. The predicted molar refractivity (Wildman–Crippen MR) is 89.0 cm³/mol. The summed E-state index contributed by atoms with van der Waals surface area (Å²) in [7, 11) is 0. The third kappa shape index (κ3) is 2.88. The molecule has 0 aliphatic carbocycles. The number of benzene rings is 1. The highest BCUT2D eigenvalue weighted by atomic mass is 16.2. The summed E-state index contributed by atoms with van der Waals surface area (Å²) in [5.41, 5.74) is -0.403. The zero-order valence-corrected chi connectivity index (χ0v) is 14.1. The molecule has 3 rings (SSSR count). The molecule has 0 unspecified atom stereocenters. The summed E-state index contributed by atoms with van der Waals surface area (Å²) in [4.78, 5) is 40.3. The van der Waals surface area contributed by atoms with Crippen LogP contribution in [0.3, 0.4) is 0 Å². The summed E-state index contributed by atoms with van der Waals surface area (Å²) in [5.74, 6) is 0.0762. The Morgan fingerprint density at radius 1 is 1.21 bits per heavy atom. The van der Waals surface area contributed by atoms with Crippen molar-refractivity contribution in [1.29, 1.82) is 0 Å². The molecule has 6 nitrogen and oxygen atoms in total. The first-order chi connectivity index (χ1) is 11.4. The number of likely N-dealkylation sites (tertiary alicyclic amines) is 1. The van der Waals surface area contributed by atoms with Gasteiger partial charge in [-0.05, 0) is 31.2 Å². The Hall–Kier alpha value is -2.37. The third-order valence-corrected chi connectivity index (χ3v) is 5.06. The van der Waals surface area contributed by atoms with Crippen LogP contribution in [0.4, 0.5) is 4.79 Å². The average Bonchev–Trinajstić information content (AvgIpc) is 2.80. The number of imide groups is 1. The van der Waals surface area contributed by atoms with E-state index in [1.54, 1.807) is 24.0 Å². The Bertz CT molecular complexity index is 653. The smallest absolute Gasteiger partial charge is 0.325 e. The van der Waals surface area contributed by atoms with Gasteiger partial charge in [0.2, 0.25) is 5.91 Å². The number of nitrogens with one attached hydrogen (secondary N) is 1. The summed E-state index contributed by atoms with van der Waals surface area (Å²) < 4.78 is 0. The van der Waals surface area contributed by atoms with Gasteiger partial charge < -0.3 is 10.2 Å². The molecule has 2 saturated heterocycles. The van der Waals surface area contributed by atoms with Crippen molar-refractivity contribution in [3.8, 4) is 0 Å². The van der Waals surface area contributed by atoms with Crippen LogP contribution in [0.5, 0.6) is 0 Å². The molecule has 0 spiro atoms. The van der Waals surface area contributed by atoms with Crippen molar-refractivity contribution < 1.29 is 14.4 Å². The Morgan fingerprint density at radius 3 is 2.46 bits per heavy atom. The summed E-state index contributed by atoms with van der Waals surface area (Å²) >= 11 is 0. The minimum atomic E-state index is -1.12. The van der Waals surface area contributed by atoms with Crippen molar-refractivity contribution in [2.75, 3.05) is 19.6 Å². The van der Waals surface area contributed by atoms with Crippen LogP contribution in [0.1, 0.15) is 32.3 Å². The van der Waals surface area contributed by atoms with Crippen LogP contribution in [-0.2, 0) is 15.1 Å². The maximum absolute atomic E-state index is 12.8. The van der Waals surface area contributed by atoms with Gasteiger partial charge in [-0.25, -0.2) is 4.79 Å². The Morgan fingerprint density at radius 2 is 1.83 bits per heavy atom. The lowest BCUT2D eigenvalue weighted by Crippen LogP contribution is -2.46. The fourth-order valence-electron chi connectivity index (χ4n) is 3.30. The fourth-order valence-corrected chi connectivity index (χ4v) is 3.30. The molecule has 24 heavy (non-hydrogen) atoms. The van der Waals surface area contributed by atoms with Crippen molar-refractivity contribution in [1.82, 2.24) is 15.1 Å². The largest absolute Gasteiger partial charge is 0.341 e. The second-order valence-corrected chi connectivity index (χ2v) is 6.88. The van der Waals surface area contributed by atoms with E-state index < -0.39 is 11.6 Å². The van der Waals surface area contributed by atoms with Gasteiger partial charge in [0.25, 0.3) is 5.91 Å². The van der Waals surface area contributed by atoms with Gasteiger partial charge in [0.1, 0.15) is 12.1 Å². The number of amides is 4. The molecule has 0 bridgehead atoms. The van der Waals surface area contributed by atoms with Gasteiger partial charge >= 0.3 is 6.03 Å². The molecule has 128 valence electrons. The van der Waals surface area contributed by atoms with Crippen LogP contribution in [0.25, 0.3) is 0 Å². The van der Waals surface area contributed by atoms with Crippen molar-refractivity contribution in [2.45, 2.75) is 32.2 Å². The monoisotopic (exact) mass is 329 g/mol. The molecule has 0 saturated carbocycles. The van der Waals surface area contributed by atoms with E-state index in [2.05, 4.69) is 12.2 Å². The molecule has 2 aliphatic rings. The van der Waals surface area contributed by atoms with E-state index in [0.29, 0.717) is 24.6 Å². The molecule has 1 aromatic carbocycles. The maximum Gasteiger partial charge on any atom is 0.325 e. The molecule has 1 aromatic rings. The van der Waals surface area contributed by atoms with Crippen LogP contribution in [-0.4, -0.2) is 47.3 Å². The van der Waals surface area contributed by atoms with Gasteiger partial charge in [0.15, 0.2) is 0 Å². The predicted octanol–water partition coefficient (Wildman–Crippen LogP) is 1.71. The normalized spacial score (nSPS) is 25.1. The number of urea groups is 1. The second kappa shape index (κ2) is 6.26. The molecule has 2 heterocycles. The number of carbonyl (C=O) groups is 3. The van der Waals surface area contributed by atoms with Gasteiger partial charge in [0.05, 0.1) is 0 Å². The van der Waals surface area contributed by atoms with Gasteiger partial charge in [-0.1, -0.05) is 37.3 Å². The molecular formula is C18H23N3O3. The highest BCUT2D eigenvalue weighted by molar-refractivity contribution is 6.09. The molecule has 0 radical (unpaired) electrons. The minimum Gasteiger partial charge on any atom is -0.341 e. The summed E-state index contributed by atoms with van der Waals surface area (Å²) in [6, 6.07) is 8.59. The van der Waals surface area contributed by atoms with E-state index in [4.69, 9.17) is 0 Å². The maximum atomic E-state index is 12.8. The number of rotatable bonds is 3. The van der Waals surface area contributed by atoms with E-state index in [0.717, 1.165) is 17.7 Å². The topological polar surface area (TPSA) is 69.7 Å². The lowest BCUT2D eigenvalue weighted by atomic mass is 9.92. The van der Waals surface area contributed by atoms with Crippen molar-refractivity contribution in [3.63, 3.8) is 0 Å². The Kier molecular flexibility index (Phi) is 4.30. The van der Waals surface area contributed by atoms with Crippen molar-refractivity contribution >= 4 is 17.8 Å². The number of nitrogens with zero attached hydrogens (tertiary/aromatic N) is 2. The molecule has 1 atom stereocenters. The number of hydrogen-bond donors (Lipinski definition) is 1. The first kappa shape index (κ1) is 16.5. The van der Waals surface area contributed by atoms with E-state index >= 15 is 0 Å². The molecule has 6 heteroatoms. The van der Waals surface area contributed by atoms with E-state index in [-0.39, 0.29) is 18.4 Å². The minimum absolute atomic E-state index is 0.164. The van der Waals surface area contributed by atoms with Crippen LogP contribution in [0.15, 0.2) is 30.3 Å². The van der Waals surface area contributed by atoms with Gasteiger partial charge in [-0.15, -0.1) is 0 Å². The molecule has 0 aromatic heterocycles. The SMILES string of the molecule is CC1CCN(C(=O)CN2C(=O)N[C@@](C)(c3ccccc3)C2=O)CC1. The van der Waals surface area contributed by atoms with Gasteiger partial charge in [-0.2, -0.15) is 0 Å². The van der Waals surface area contributed by atoms with Crippen LogP contribution in [0, 0.1) is 5.92 Å². The van der Waals surface area contributed by atoms with Crippen molar-refractivity contribution in [3.05, 3.63) is 35.9 Å². The lowest BCUT2D eigenvalue weighted by Gasteiger charge is -2.31. The van der Waals surface area contributed by atoms with Crippen LogP contribution in [0.2, 0.25) is 0 Å². The highest BCUT2D eigenvalue weighted by Crippen LogP contribution is 2.28. The fraction of sp³-hybridized carbons (Fsp3) is 0.500. The Labute approximate surface area is 141 Å². The van der Waals surface area contributed by atoms with Gasteiger partial charge in [0, 0.05) is 13.1 Å². The van der Waals surface area contributed by atoms with E-state index in [9.17, 15) is 14.4 Å². The zero-order valence-electron chi connectivity index (χ0n) is 14.1. The first-order valence-electron chi connectivity index (χ1n) is 8.39. The number of piperidine rings is 1. The van der Waals surface area contributed by atoms with Crippen LogP contribution < -0.4 is 5.32 Å². The van der Waals surface area contributed by atoms with E-state index in [1.165, 1.54) is 0 Å². The van der Waals surface area contributed by atoms with Crippen molar-refractivity contribution in [2.24, 2.45) is 5.92 Å². The molecular weight excluding hydrogens is 306 g/mol. The second-order valence-electron chi connectivity index (χ2n) is 6.88. The Balaban J connectivity index is 1.72. The third-order valence-electron chi connectivity index (χ3n) is 5.06. The number of hydrogen-bond acceptors (Lipinski definition) is 3. The average molecular weight is 329 g/mol. The standard InChI is InChI=1S/C18H23N3O3/c1-13-8-10-20(11-9-13)15(22)12-21-16(23)18(2,19-17(21)24)14-6-4-3-5-7-14/h3-7,13H,8-12H2,1-2H3,(H,19,24)/t18-/m0/s1. The lowest BCUT2D eigenvalue weighted by molar-refractivity contribution is -0.139. The molecule has 2 fully saturated rings. The molecule has 4 amide bonds. The van der Waals surface area contributed by atoms with Gasteiger partial charge in [-0.3, -0.25) is 14.5 Å². The zero-order chi connectivity index (χ0) is 17.3. The van der Waals surface area contributed by atoms with Crippen LogP contribution >= 0.6 is 0 Å². The summed E-state index contributed by atoms with van der Waals surface area (Å²) in [6.45, 7) is 5.04. The highest BCUT2D eigenvalue weighted by Gasteiger charge is 2.49. The summed E-state index contributed by atoms with van der Waals surface area (Å²) in [5, 5.41) is 2.73. The molecule has 1 N–H and O–H groups in total. The van der Waals surface area contributed by atoms with E-state index in [1.807, 2.05) is 18.2 Å². The quantitative estimate of drug-likeness (QED) is 0.858. The first-order valence-corrected chi connectivity index (χ1v) is 8.39. The molecule has 2 aliphatic heterocycles. The summed E-state index contributed by atoms with van der Waals surface area (Å²) in [6.07, 6.45) is 1.93.